The Morgan fingerprint density at radius 3 is 2.55 bits per heavy atom. The third kappa shape index (κ3) is 3.84. The molecule has 0 spiro atoms. The first-order valence-corrected chi connectivity index (χ1v) is 9.78. The summed E-state index contributed by atoms with van der Waals surface area (Å²) in [5.74, 6) is 0. The predicted octanol–water partition coefficient (Wildman–Crippen LogP) is 4.97. The predicted molar refractivity (Wildman–Crippen MR) is 89.9 cm³/mol. The van der Waals surface area contributed by atoms with Gasteiger partial charge >= 0.3 is 0 Å². The molecule has 2 rings (SSSR count). The molecule has 1 heterocycles. The molecule has 1 unspecified atom stereocenters. The molecular formula is C12H10Br2ClNO2S2. The Morgan fingerprint density at radius 1 is 1.30 bits per heavy atom. The van der Waals surface area contributed by atoms with E-state index in [1.54, 1.807) is 6.92 Å². The first-order valence-electron chi connectivity index (χ1n) is 5.52. The molecule has 0 bridgehead atoms. The molecule has 1 aromatic heterocycles. The highest BCUT2D eigenvalue weighted by atomic mass is 79.9. The molecule has 0 aliphatic rings. The minimum Gasteiger partial charge on any atom is -0.206 e. The Labute approximate surface area is 143 Å². The van der Waals surface area contributed by atoms with Gasteiger partial charge in [-0.25, -0.2) is 13.1 Å². The maximum absolute atomic E-state index is 12.3. The van der Waals surface area contributed by atoms with Crippen LogP contribution in [0, 0.1) is 0 Å². The lowest BCUT2D eigenvalue weighted by molar-refractivity contribution is 0.569. The van der Waals surface area contributed by atoms with Gasteiger partial charge in [-0.2, -0.15) is 0 Å². The van der Waals surface area contributed by atoms with E-state index in [1.165, 1.54) is 6.07 Å². The van der Waals surface area contributed by atoms with E-state index >= 15 is 0 Å². The van der Waals surface area contributed by atoms with Crippen molar-refractivity contribution in [1.29, 1.82) is 0 Å². The average Bonchev–Trinajstić information content (AvgIpc) is 2.70. The van der Waals surface area contributed by atoms with Crippen LogP contribution in [-0.2, 0) is 10.0 Å². The van der Waals surface area contributed by atoms with Crippen LogP contribution in [0.15, 0.2) is 42.8 Å². The van der Waals surface area contributed by atoms with E-state index in [2.05, 4.69) is 36.6 Å². The van der Waals surface area contributed by atoms with Crippen LogP contribution in [0.2, 0.25) is 5.02 Å². The molecule has 0 radical (unpaired) electrons. The summed E-state index contributed by atoms with van der Waals surface area (Å²) in [4.78, 5) is 0. The van der Waals surface area contributed by atoms with Crippen LogP contribution in [0.1, 0.15) is 18.5 Å². The molecule has 1 aromatic carbocycles. The number of halogens is 3. The van der Waals surface area contributed by atoms with E-state index in [0.29, 0.717) is 8.81 Å². The second kappa shape index (κ2) is 6.46. The molecule has 0 saturated carbocycles. The van der Waals surface area contributed by atoms with Crippen LogP contribution in [0.4, 0.5) is 0 Å². The molecule has 108 valence electrons. The van der Waals surface area contributed by atoms with Crippen molar-refractivity contribution in [3.63, 3.8) is 0 Å². The van der Waals surface area contributed by atoms with Crippen molar-refractivity contribution in [2.75, 3.05) is 0 Å². The highest BCUT2D eigenvalue weighted by molar-refractivity contribution is 9.11. The largest absolute Gasteiger partial charge is 0.250 e. The summed E-state index contributed by atoms with van der Waals surface area (Å²) >= 11 is 13.5. The zero-order chi connectivity index (χ0) is 14.9. The molecule has 0 fully saturated rings. The molecule has 1 N–H and O–H groups in total. The summed E-state index contributed by atoms with van der Waals surface area (Å²) in [6, 6.07) is 8.60. The summed E-state index contributed by atoms with van der Waals surface area (Å²) in [7, 11) is -3.58. The smallest absolute Gasteiger partial charge is 0.206 e. The minimum absolute atomic E-state index is 0.191. The van der Waals surface area contributed by atoms with Crippen molar-refractivity contribution in [1.82, 2.24) is 4.72 Å². The fourth-order valence-corrected chi connectivity index (χ4v) is 5.66. The van der Waals surface area contributed by atoms with Gasteiger partial charge < -0.3 is 0 Å². The molecule has 0 aliphatic carbocycles. The number of sulfonamides is 1. The zero-order valence-electron chi connectivity index (χ0n) is 10.2. The molecule has 8 heteroatoms. The van der Waals surface area contributed by atoms with Crippen molar-refractivity contribution in [3.05, 3.63) is 49.2 Å². The van der Waals surface area contributed by atoms with Crippen LogP contribution in [-0.4, -0.2) is 8.42 Å². The van der Waals surface area contributed by atoms with Gasteiger partial charge in [0.1, 0.15) is 4.21 Å². The third-order valence-corrected chi connectivity index (χ3v) is 7.55. The van der Waals surface area contributed by atoms with Crippen molar-refractivity contribution < 1.29 is 8.42 Å². The highest BCUT2D eigenvalue weighted by Gasteiger charge is 2.22. The van der Waals surface area contributed by atoms with Gasteiger partial charge in [-0.15, -0.1) is 11.3 Å². The highest BCUT2D eigenvalue weighted by Crippen LogP contribution is 2.35. The Bertz CT molecular complexity index is 711. The summed E-state index contributed by atoms with van der Waals surface area (Å²) in [5, 5.41) is 0.394. The van der Waals surface area contributed by atoms with Gasteiger partial charge in [0, 0.05) is 10.5 Å². The lowest BCUT2D eigenvalue weighted by Crippen LogP contribution is -2.26. The van der Waals surface area contributed by atoms with Gasteiger partial charge in [0.2, 0.25) is 0 Å². The van der Waals surface area contributed by atoms with E-state index < -0.39 is 10.0 Å². The summed E-state index contributed by atoms with van der Waals surface area (Å²) in [6.45, 7) is 1.80. The molecule has 0 aliphatic heterocycles. The van der Waals surface area contributed by atoms with E-state index in [4.69, 9.17) is 11.6 Å². The second-order valence-corrected chi connectivity index (χ2v) is 9.72. The standard InChI is InChI=1S/C12H10Br2ClNO2S2/c1-7(8-3-2-4-9(13)5-8)16-20(17,18)11-6-10(15)12(14)19-11/h2-7,16H,1H3. The second-order valence-electron chi connectivity index (χ2n) is 4.09. The molecule has 3 nitrogen and oxygen atoms in total. The molecule has 2 aromatic rings. The van der Waals surface area contributed by atoms with E-state index in [-0.39, 0.29) is 10.3 Å². The van der Waals surface area contributed by atoms with Crippen LogP contribution in [0.5, 0.6) is 0 Å². The number of hydrogen-bond donors (Lipinski definition) is 1. The number of hydrogen-bond acceptors (Lipinski definition) is 3. The normalized spacial score (nSPS) is 13.4. The monoisotopic (exact) mass is 457 g/mol. The first-order chi connectivity index (χ1) is 9.29. The van der Waals surface area contributed by atoms with Crippen LogP contribution in [0.25, 0.3) is 0 Å². The number of rotatable bonds is 4. The lowest BCUT2D eigenvalue weighted by Gasteiger charge is -2.14. The summed E-state index contributed by atoms with van der Waals surface area (Å²) < 4.78 is 28.9. The fraction of sp³-hybridized carbons (Fsp3) is 0.167. The quantitative estimate of drug-likeness (QED) is 0.702. The number of thiophene rings is 1. The summed E-state index contributed by atoms with van der Waals surface area (Å²) in [6.07, 6.45) is 0. The SMILES string of the molecule is CC(NS(=O)(=O)c1cc(Cl)c(Br)s1)c1cccc(Br)c1. The maximum Gasteiger partial charge on any atom is 0.250 e. The van der Waals surface area contributed by atoms with Gasteiger partial charge in [-0.05, 0) is 46.6 Å². The molecule has 0 saturated heterocycles. The van der Waals surface area contributed by atoms with E-state index in [9.17, 15) is 8.42 Å². The molecule has 1 atom stereocenters. The molecular weight excluding hydrogens is 450 g/mol. The van der Waals surface area contributed by atoms with E-state index in [1.807, 2.05) is 24.3 Å². The lowest BCUT2D eigenvalue weighted by atomic mass is 10.1. The topological polar surface area (TPSA) is 46.2 Å². The number of nitrogens with one attached hydrogen (secondary N) is 1. The Balaban J connectivity index is 2.24. The fourth-order valence-electron chi connectivity index (χ4n) is 1.59. The molecule has 0 amide bonds. The van der Waals surface area contributed by atoms with Crippen molar-refractivity contribution >= 4 is 64.8 Å². The Kier molecular flexibility index (Phi) is 5.31. The van der Waals surface area contributed by atoms with Crippen molar-refractivity contribution in [2.45, 2.75) is 17.2 Å². The van der Waals surface area contributed by atoms with Crippen molar-refractivity contribution in [3.8, 4) is 0 Å². The molecule has 20 heavy (non-hydrogen) atoms. The van der Waals surface area contributed by atoms with Crippen LogP contribution < -0.4 is 4.72 Å². The Morgan fingerprint density at radius 2 is 2.00 bits per heavy atom. The average molecular weight is 460 g/mol. The third-order valence-electron chi connectivity index (χ3n) is 2.57. The van der Waals surface area contributed by atoms with Crippen LogP contribution in [0.3, 0.4) is 0 Å². The van der Waals surface area contributed by atoms with Gasteiger partial charge in [0.15, 0.2) is 0 Å². The van der Waals surface area contributed by atoms with Crippen LogP contribution >= 0.6 is 54.8 Å². The van der Waals surface area contributed by atoms with Gasteiger partial charge in [-0.3, -0.25) is 0 Å². The Hall–Kier alpha value is 0.0800. The van der Waals surface area contributed by atoms with Gasteiger partial charge in [-0.1, -0.05) is 39.7 Å². The van der Waals surface area contributed by atoms with Gasteiger partial charge in [0.25, 0.3) is 10.0 Å². The van der Waals surface area contributed by atoms with Gasteiger partial charge in [0.05, 0.1) is 8.81 Å². The zero-order valence-corrected chi connectivity index (χ0v) is 15.8. The van der Waals surface area contributed by atoms with E-state index in [0.717, 1.165) is 21.4 Å². The summed E-state index contributed by atoms with van der Waals surface area (Å²) in [5.41, 5.74) is 0.879. The van der Waals surface area contributed by atoms with Crippen molar-refractivity contribution in [2.24, 2.45) is 0 Å². The minimum atomic E-state index is -3.58. The first kappa shape index (κ1) is 16.5. The number of benzene rings is 1. The maximum atomic E-state index is 12.3.